The Balaban J connectivity index is 1.98. The number of hydrogen-bond donors (Lipinski definition) is 1. The number of phosphoric ester groups is 1. The number of carbonyl (C=O) groups is 2. The van der Waals surface area contributed by atoms with Gasteiger partial charge >= 0.3 is 11.9 Å². The van der Waals surface area contributed by atoms with Crippen LogP contribution in [0.1, 0.15) is 114 Å². The van der Waals surface area contributed by atoms with Crippen LogP contribution in [0.5, 0.6) is 0 Å². The highest BCUT2D eigenvalue weighted by Crippen LogP contribution is 2.38. The molecule has 55 heavy (non-hydrogen) atoms. The Hall–Kier alpha value is -1.89. The third-order valence-corrected chi connectivity index (χ3v) is 10.7. The number of rotatable bonds is 37. The monoisotopic (exact) mass is 799 g/mol. The lowest BCUT2D eigenvalue weighted by molar-refractivity contribution is -0.870. The number of quaternary nitrogens is 1. The minimum atomic E-state index is -4.18. The van der Waals surface area contributed by atoms with Gasteiger partial charge in [-0.25, -0.2) is 0 Å². The van der Waals surface area contributed by atoms with Crippen LogP contribution in [0.15, 0.2) is 24.3 Å². The molecule has 0 bridgehead atoms. The van der Waals surface area contributed by atoms with Gasteiger partial charge in [0.1, 0.15) is 13.2 Å². The van der Waals surface area contributed by atoms with E-state index in [9.17, 15) is 24.2 Å². The van der Waals surface area contributed by atoms with Crippen molar-refractivity contribution in [3.05, 3.63) is 35.4 Å². The van der Waals surface area contributed by atoms with Crippen LogP contribution < -0.4 is 4.89 Å². The minimum absolute atomic E-state index is 0.0247. The van der Waals surface area contributed by atoms with Crippen LogP contribution in [0.4, 0.5) is 0 Å². The van der Waals surface area contributed by atoms with Crippen molar-refractivity contribution in [3.63, 3.8) is 0 Å². The van der Waals surface area contributed by atoms with Crippen molar-refractivity contribution >= 4 is 19.8 Å². The Labute approximate surface area is 335 Å². The zero-order chi connectivity index (χ0) is 40.8. The largest absolute Gasteiger partial charge is 0.756 e. The molecule has 1 rings (SSSR count). The number of likely N-dealkylation sites (N-methyl/N-ethyl adjacent to an activating group) is 3. The van der Waals surface area contributed by atoms with Crippen molar-refractivity contribution in [2.75, 3.05) is 108 Å². The van der Waals surface area contributed by atoms with E-state index in [1.54, 1.807) is 4.90 Å². The van der Waals surface area contributed by atoms with E-state index in [1.807, 2.05) is 42.3 Å². The van der Waals surface area contributed by atoms with E-state index in [4.69, 9.17) is 13.8 Å². The van der Waals surface area contributed by atoms with Crippen LogP contribution in [0, 0.1) is 0 Å². The average Bonchev–Trinajstić information content (AvgIpc) is 3.10. The molecule has 0 saturated heterocycles. The lowest BCUT2D eigenvalue weighted by atomic mass is 10.0. The molecule has 0 aromatic heterocycles. The first-order valence-electron chi connectivity index (χ1n) is 21.1. The SMILES string of the molecule is CN(C)CCN(C)CCN(CC(=O)O)CC(=O)OCCc1ccc(CCCCCCCCCCCCCCCCCCOP(=O)([O-])OCC[N+](C)(C)C)cc1. The summed E-state index contributed by atoms with van der Waals surface area (Å²) < 4.78 is 27.8. The van der Waals surface area contributed by atoms with E-state index in [0.717, 1.165) is 44.3 Å². The summed E-state index contributed by atoms with van der Waals surface area (Å²) in [4.78, 5) is 41.4. The molecule has 1 aromatic carbocycles. The number of carboxylic acids is 1. The van der Waals surface area contributed by atoms with Crippen LogP contribution in [0.2, 0.25) is 0 Å². The Bertz CT molecular complexity index is 1170. The van der Waals surface area contributed by atoms with Gasteiger partial charge in [-0.15, -0.1) is 0 Å². The summed E-state index contributed by atoms with van der Waals surface area (Å²) in [5.41, 5.74) is 2.47. The standard InChI is InChI=1S/C42H79N4O8P/c1-43(2)29-30-44(3)31-32-45(37-41(47)48)38-42(49)52-35-28-40-26-24-39(25-27-40)23-21-19-17-15-13-11-9-7-8-10-12-14-16-18-20-22-34-53-55(50,51)54-36-33-46(4,5)6/h24-27H,7-23,28-38H2,1-6H3,(H-,47,48,50,51). The van der Waals surface area contributed by atoms with Gasteiger partial charge in [0.25, 0.3) is 7.82 Å². The van der Waals surface area contributed by atoms with Gasteiger partial charge in [0.15, 0.2) is 0 Å². The fourth-order valence-electron chi connectivity index (χ4n) is 6.13. The van der Waals surface area contributed by atoms with E-state index in [-0.39, 0.29) is 38.9 Å². The number of esters is 1. The molecule has 0 radical (unpaired) electrons. The first-order valence-corrected chi connectivity index (χ1v) is 22.5. The molecule has 0 amide bonds. The maximum absolute atomic E-state index is 12.4. The van der Waals surface area contributed by atoms with Gasteiger partial charge in [0.05, 0.1) is 47.4 Å². The van der Waals surface area contributed by atoms with Crippen molar-refractivity contribution < 1.29 is 42.4 Å². The quantitative estimate of drug-likeness (QED) is 0.0336. The molecule has 0 aliphatic rings. The molecule has 320 valence electrons. The van der Waals surface area contributed by atoms with Crippen molar-refractivity contribution in [2.45, 2.75) is 116 Å². The molecule has 0 spiro atoms. The predicted molar refractivity (Wildman–Crippen MR) is 221 cm³/mol. The number of aryl methyl sites for hydroxylation is 1. The molecule has 1 aromatic rings. The van der Waals surface area contributed by atoms with E-state index >= 15 is 0 Å². The number of aliphatic carboxylic acids is 1. The third-order valence-electron chi connectivity index (χ3n) is 9.74. The Morgan fingerprint density at radius 2 is 1.09 bits per heavy atom. The van der Waals surface area contributed by atoms with Gasteiger partial charge < -0.3 is 38.1 Å². The normalized spacial score (nSPS) is 13.2. The van der Waals surface area contributed by atoms with Crippen molar-refractivity contribution in [2.24, 2.45) is 0 Å². The number of nitrogens with zero attached hydrogens (tertiary/aromatic N) is 4. The average molecular weight is 799 g/mol. The molecular formula is C42H79N4O8P. The van der Waals surface area contributed by atoms with Crippen LogP contribution >= 0.6 is 7.82 Å². The van der Waals surface area contributed by atoms with E-state index in [0.29, 0.717) is 30.5 Å². The summed E-state index contributed by atoms with van der Waals surface area (Å²) in [5, 5.41) is 9.27. The number of ether oxygens (including phenoxy) is 1. The van der Waals surface area contributed by atoms with Gasteiger partial charge in [-0.05, 0) is 51.5 Å². The van der Waals surface area contributed by atoms with Gasteiger partial charge in [-0.1, -0.05) is 114 Å². The summed E-state index contributed by atoms with van der Waals surface area (Å²) in [6.45, 7) is 4.01. The van der Waals surface area contributed by atoms with Gasteiger partial charge in [-0.3, -0.25) is 19.1 Å². The highest BCUT2D eigenvalue weighted by atomic mass is 31.2. The highest BCUT2D eigenvalue weighted by Gasteiger charge is 2.16. The Kier molecular flexibility index (Phi) is 29.0. The van der Waals surface area contributed by atoms with Crippen LogP contribution in [-0.2, 0) is 40.8 Å². The molecule has 13 heteroatoms. The summed E-state index contributed by atoms with van der Waals surface area (Å²) >= 11 is 0. The second kappa shape index (κ2) is 31.1. The van der Waals surface area contributed by atoms with Crippen LogP contribution in [0.25, 0.3) is 0 Å². The number of phosphoric acid groups is 1. The zero-order valence-electron chi connectivity index (χ0n) is 35.6. The number of benzene rings is 1. The lowest BCUT2D eigenvalue weighted by Gasteiger charge is -2.27. The third kappa shape index (κ3) is 32.9. The maximum Gasteiger partial charge on any atom is 0.320 e. The molecule has 1 unspecified atom stereocenters. The maximum atomic E-state index is 12.4. The zero-order valence-corrected chi connectivity index (χ0v) is 36.5. The van der Waals surface area contributed by atoms with Crippen LogP contribution in [0.3, 0.4) is 0 Å². The Morgan fingerprint density at radius 1 is 0.636 bits per heavy atom. The summed E-state index contributed by atoms with van der Waals surface area (Å²) in [7, 11) is 7.83. The number of hydrogen-bond acceptors (Lipinski definition) is 10. The number of unbranched alkanes of at least 4 members (excludes halogenated alkanes) is 15. The van der Waals surface area contributed by atoms with Gasteiger partial charge in [-0.2, -0.15) is 0 Å². The summed E-state index contributed by atoms with van der Waals surface area (Å²) in [6, 6.07) is 8.59. The first-order chi connectivity index (χ1) is 26.1. The molecule has 0 aliphatic carbocycles. The topological polar surface area (TPSA) is 132 Å². The van der Waals surface area contributed by atoms with Crippen molar-refractivity contribution in [1.29, 1.82) is 0 Å². The molecule has 0 heterocycles. The fourth-order valence-corrected chi connectivity index (χ4v) is 6.86. The molecule has 1 N–H and O–H groups in total. The lowest BCUT2D eigenvalue weighted by Crippen LogP contribution is -2.41. The van der Waals surface area contributed by atoms with E-state index in [1.165, 1.54) is 89.0 Å². The Morgan fingerprint density at radius 3 is 1.58 bits per heavy atom. The van der Waals surface area contributed by atoms with E-state index in [2.05, 4.69) is 34.1 Å². The smallest absolute Gasteiger partial charge is 0.320 e. The van der Waals surface area contributed by atoms with Gasteiger partial charge in [0, 0.05) is 32.6 Å². The molecule has 1 atom stereocenters. The first kappa shape index (κ1) is 51.1. The van der Waals surface area contributed by atoms with Crippen LogP contribution in [-0.4, -0.2) is 144 Å². The second-order valence-corrected chi connectivity index (χ2v) is 17.9. The number of carbonyl (C=O) groups excluding carboxylic acids is 1. The molecule has 12 nitrogen and oxygen atoms in total. The molecule has 0 saturated carbocycles. The van der Waals surface area contributed by atoms with Crippen molar-refractivity contribution in [3.8, 4) is 0 Å². The number of carboxylic acid groups (broad SMARTS) is 1. The second-order valence-electron chi connectivity index (χ2n) is 16.5. The predicted octanol–water partition coefficient (Wildman–Crippen LogP) is 6.64. The molecule has 0 aliphatic heterocycles. The summed E-state index contributed by atoms with van der Waals surface area (Å²) in [5.74, 6) is -1.34. The fraction of sp³-hybridized carbons (Fsp3) is 0.810. The van der Waals surface area contributed by atoms with Gasteiger partial charge in [0.2, 0.25) is 0 Å². The summed E-state index contributed by atoms with van der Waals surface area (Å²) in [6.07, 6.45) is 21.4. The molecule has 0 fully saturated rings. The highest BCUT2D eigenvalue weighted by molar-refractivity contribution is 7.45. The minimum Gasteiger partial charge on any atom is -0.756 e. The molecular weight excluding hydrogens is 719 g/mol. The van der Waals surface area contributed by atoms with E-state index < -0.39 is 13.8 Å². The van der Waals surface area contributed by atoms with Crippen molar-refractivity contribution in [1.82, 2.24) is 14.7 Å².